The van der Waals surface area contributed by atoms with Crippen LogP contribution in [-0.4, -0.2) is 61.0 Å². The fraction of sp³-hybridized carbons (Fsp3) is 0.462. The van der Waals surface area contributed by atoms with Crippen LogP contribution in [-0.2, 0) is 32.0 Å². The summed E-state index contributed by atoms with van der Waals surface area (Å²) in [6.07, 6.45) is 5.00. The molecule has 34 heavy (non-hydrogen) atoms. The number of hydrogen-bond acceptors (Lipinski definition) is 6. The van der Waals surface area contributed by atoms with E-state index in [1.54, 1.807) is 13.3 Å². The quantitative estimate of drug-likeness (QED) is 0.540. The Morgan fingerprint density at radius 2 is 1.82 bits per heavy atom. The van der Waals surface area contributed by atoms with Crippen molar-refractivity contribution in [3.05, 3.63) is 59.9 Å². The summed E-state index contributed by atoms with van der Waals surface area (Å²) < 4.78 is 10.0. The van der Waals surface area contributed by atoms with E-state index >= 15 is 0 Å². The molecule has 1 aliphatic heterocycles. The van der Waals surface area contributed by atoms with Crippen LogP contribution in [0, 0.1) is 5.92 Å². The van der Waals surface area contributed by atoms with Crippen LogP contribution in [0.3, 0.4) is 0 Å². The van der Waals surface area contributed by atoms with Crippen molar-refractivity contribution in [1.29, 1.82) is 0 Å². The number of benzene rings is 1. The van der Waals surface area contributed by atoms with Crippen molar-refractivity contribution in [3.8, 4) is 5.75 Å². The molecule has 1 atom stereocenters. The molecule has 182 valence electrons. The molecule has 3 rings (SSSR count). The maximum atomic E-state index is 12.7. The van der Waals surface area contributed by atoms with Crippen LogP contribution in [0.5, 0.6) is 5.75 Å². The van der Waals surface area contributed by atoms with Gasteiger partial charge in [-0.25, -0.2) is 4.79 Å². The number of amides is 2. The molecule has 0 spiro atoms. The van der Waals surface area contributed by atoms with Gasteiger partial charge < -0.3 is 19.7 Å². The molecule has 0 bridgehead atoms. The number of likely N-dealkylation sites (tertiary alicyclic amines) is 1. The third-order valence-corrected chi connectivity index (χ3v) is 6.18. The van der Waals surface area contributed by atoms with Crippen molar-refractivity contribution < 1.29 is 23.9 Å². The van der Waals surface area contributed by atoms with Gasteiger partial charge in [0.1, 0.15) is 11.8 Å². The molecule has 0 saturated carbocycles. The number of esters is 1. The fourth-order valence-electron chi connectivity index (χ4n) is 4.17. The maximum Gasteiger partial charge on any atom is 0.328 e. The molecule has 1 unspecified atom stereocenters. The number of carbonyl (C=O) groups excluding carboxylic acids is 3. The Morgan fingerprint density at radius 3 is 2.44 bits per heavy atom. The van der Waals surface area contributed by atoms with Gasteiger partial charge in [-0.2, -0.15) is 0 Å². The van der Waals surface area contributed by atoms with Gasteiger partial charge in [0.05, 0.1) is 14.2 Å². The van der Waals surface area contributed by atoms with E-state index in [0.29, 0.717) is 38.8 Å². The molecule has 1 N–H and O–H groups in total. The number of pyridine rings is 1. The smallest absolute Gasteiger partial charge is 0.328 e. The number of rotatable bonds is 10. The molecule has 8 heteroatoms. The summed E-state index contributed by atoms with van der Waals surface area (Å²) in [5.74, 6) is 0.378. The van der Waals surface area contributed by atoms with E-state index in [1.165, 1.54) is 7.11 Å². The van der Waals surface area contributed by atoms with E-state index in [9.17, 15) is 14.4 Å². The maximum absolute atomic E-state index is 12.7. The number of piperidine rings is 1. The van der Waals surface area contributed by atoms with Crippen LogP contribution in [0.1, 0.15) is 36.9 Å². The van der Waals surface area contributed by atoms with Gasteiger partial charge in [0.15, 0.2) is 0 Å². The molecular formula is C26H33N3O5. The SMILES string of the molecule is COC(=O)C(Cc1ccc(OC)cc1)NC(=O)CC1CCN(C(=O)CCc2ccccn2)CC1. The van der Waals surface area contributed by atoms with E-state index in [0.717, 1.165) is 29.8 Å². The number of ether oxygens (including phenoxy) is 2. The molecular weight excluding hydrogens is 434 g/mol. The van der Waals surface area contributed by atoms with Crippen molar-refractivity contribution in [2.75, 3.05) is 27.3 Å². The largest absolute Gasteiger partial charge is 0.497 e. The van der Waals surface area contributed by atoms with E-state index in [1.807, 2.05) is 47.4 Å². The standard InChI is InChI=1S/C26H33N3O5/c1-33-22-9-6-19(7-10-22)17-23(26(32)34-2)28-24(30)18-20-12-15-29(16-13-20)25(31)11-8-21-5-3-4-14-27-21/h3-7,9-10,14,20,23H,8,11-13,15-18H2,1-2H3,(H,28,30). The number of nitrogens with zero attached hydrogens (tertiary/aromatic N) is 2. The molecule has 2 aromatic rings. The normalized spacial score (nSPS) is 14.8. The van der Waals surface area contributed by atoms with Gasteiger partial charge in [0, 0.05) is 44.2 Å². The Balaban J connectivity index is 1.44. The third kappa shape index (κ3) is 7.57. The lowest BCUT2D eigenvalue weighted by molar-refractivity contribution is -0.145. The van der Waals surface area contributed by atoms with Gasteiger partial charge in [0.2, 0.25) is 11.8 Å². The highest BCUT2D eigenvalue weighted by molar-refractivity contribution is 5.84. The number of methoxy groups -OCH3 is 2. The Labute approximate surface area is 200 Å². The Hall–Kier alpha value is -3.42. The number of carbonyl (C=O) groups is 3. The topological polar surface area (TPSA) is 97.8 Å². The average molecular weight is 468 g/mol. The predicted molar refractivity (Wildman–Crippen MR) is 127 cm³/mol. The van der Waals surface area contributed by atoms with E-state index in [4.69, 9.17) is 9.47 Å². The minimum absolute atomic E-state index is 0.124. The van der Waals surface area contributed by atoms with Gasteiger partial charge in [-0.1, -0.05) is 18.2 Å². The minimum Gasteiger partial charge on any atom is -0.497 e. The second-order valence-corrected chi connectivity index (χ2v) is 8.54. The van der Waals surface area contributed by atoms with Crippen LogP contribution >= 0.6 is 0 Å². The zero-order valence-corrected chi connectivity index (χ0v) is 19.9. The summed E-state index contributed by atoms with van der Waals surface area (Å²) in [6.45, 7) is 1.29. The number of aromatic nitrogens is 1. The number of hydrogen-bond donors (Lipinski definition) is 1. The molecule has 0 radical (unpaired) electrons. The molecule has 1 aromatic carbocycles. The van der Waals surface area contributed by atoms with Crippen LogP contribution < -0.4 is 10.1 Å². The van der Waals surface area contributed by atoms with E-state index in [-0.39, 0.29) is 17.7 Å². The molecule has 1 fully saturated rings. The van der Waals surface area contributed by atoms with Gasteiger partial charge in [0.25, 0.3) is 0 Å². The summed E-state index contributed by atoms with van der Waals surface area (Å²) in [6, 6.07) is 12.3. The van der Waals surface area contributed by atoms with Crippen LogP contribution in [0.2, 0.25) is 0 Å². The predicted octanol–water partition coefficient (Wildman–Crippen LogP) is 2.55. The highest BCUT2D eigenvalue weighted by Crippen LogP contribution is 2.21. The Bertz CT molecular complexity index is 941. The summed E-state index contributed by atoms with van der Waals surface area (Å²) in [5, 5.41) is 2.83. The van der Waals surface area contributed by atoms with Crippen LogP contribution in [0.4, 0.5) is 0 Å². The third-order valence-electron chi connectivity index (χ3n) is 6.18. The van der Waals surface area contributed by atoms with Crippen molar-refractivity contribution in [1.82, 2.24) is 15.2 Å². The highest BCUT2D eigenvalue weighted by Gasteiger charge is 2.27. The fourth-order valence-corrected chi connectivity index (χ4v) is 4.17. The molecule has 1 saturated heterocycles. The molecule has 2 heterocycles. The van der Waals surface area contributed by atoms with Crippen LogP contribution in [0.25, 0.3) is 0 Å². The summed E-state index contributed by atoms with van der Waals surface area (Å²) >= 11 is 0. The molecule has 2 amide bonds. The summed E-state index contributed by atoms with van der Waals surface area (Å²) in [4.78, 5) is 43.6. The molecule has 1 aromatic heterocycles. The second kappa shape index (κ2) is 12.7. The van der Waals surface area contributed by atoms with Gasteiger partial charge >= 0.3 is 5.97 Å². The van der Waals surface area contributed by atoms with Gasteiger partial charge in [-0.15, -0.1) is 0 Å². The minimum atomic E-state index is -0.751. The van der Waals surface area contributed by atoms with Crippen molar-refractivity contribution in [3.63, 3.8) is 0 Å². The Kier molecular flexibility index (Phi) is 9.43. The zero-order valence-electron chi connectivity index (χ0n) is 19.9. The lowest BCUT2D eigenvalue weighted by Crippen LogP contribution is -2.44. The molecule has 8 nitrogen and oxygen atoms in total. The lowest BCUT2D eigenvalue weighted by Gasteiger charge is -2.32. The first-order valence-corrected chi connectivity index (χ1v) is 11.7. The zero-order chi connectivity index (χ0) is 24.3. The summed E-state index contributed by atoms with van der Waals surface area (Å²) in [5.41, 5.74) is 1.81. The van der Waals surface area contributed by atoms with Gasteiger partial charge in [-0.05, 0) is 55.0 Å². The average Bonchev–Trinajstić information content (AvgIpc) is 2.87. The first-order chi connectivity index (χ1) is 16.5. The molecule has 0 aliphatic carbocycles. The van der Waals surface area contributed by atoms with Crippen LogP contribution in [0.15, 0.2) is 48.7 Å². The van der Waals surface area contributed by atoms with E-state index in [2.05, 4.69) is 10.3 Å². The van der Waals surface area contributed by atoms with Crippen molar-refractivity contribution in [2.24, 2.45) is 5.92 Å². The lowest BCUT2D eigenvalue weighted by atomic mass is 9.92. The first-order valence-electron chi connectivity index (χ1n) is 11.7. The van der Waals surface area contributed by atoms with Crippen molar-refractivity contribution >= 4 is 17.8 Å². The van der Waals surface area contributed by atoms with Gasteiger partial charge in [-0.3, -0.25) is 14.6 Å². The highest BCUT2D eigenvalue weighted by atomic mass is 16.5. The van der Waals surface area contributed by atoms with E-state index < -0.39 is 12.0 Å². The monoisotopic (exact) mass is 467 g/mol. The number of nitrogens with one attached hydrogen (secondary N) is 1. The first kappa shape index (κ1) is 25.2. The summed E-state index contributed by atoms with van der Waals surface area (Å²) in [7, 11) is 2.91. The second-order valence-electron chi connectivity index (χ2n) is 8.54. The molecule has 1 aliphatic rings. The Morgan fingerprint density at radius 1 is 1.09 bits per heavy atom. The van der Waals surface area contributed by atoms with Crippen molar-refractivity contribution in [2.45, 2.75) is 44.6 Å². The number of aryl methyl sites for hydroxylation is 1.